The molecule has 0 amide bonds. The Morgan fingerprint density at radius 3 is 1.12 bits per heavy atom. The number of carboxylic acid groups (broad SMARTS) is 3. The number of hydrogen-bond acceptors (Lipinski definition) is 18. The largest absolute Gasteiger partial charge is 0.480 e. The number of carbonyl (C=O) groups is 3. The van der Waals surface area contributed by atoms with Crippen molar-refractivity contribution in [3.8, 4) is 0 Å². The lowest BCUT2D eigenvalue weighted by atomic mass is 9.92. The molecule has 12 heterocycles. The summed E-state index contributed by atoms with van der Waals surface area (Å²) in [6.07, 6.45) is 28.7. The number of ether oxygens (including phenoxy) is 6. The van der Waals surface area contributed by atoms with Crippen LogP contribution in [0.5, 0.6) is 0 Å². The maximum Gasteiger partial charge on any atom is 0.325 e. The normalized spacial score (nSPS) is 22.5. The molecule has 112 heavy (non-hydrogen) atoms. The summed E-state index contributed by atoms with van der Waals surface area (Å²) in [7, 11) is 0. The van der Waals surface area contributed by atoms with E-state index in [-0.39, 0.29) is 36.6 Å². The number of nitrogens with zero attached hydrogens (tertiary/aromatic N) is 6. The Kier molecular flexibility index (Phi) is 30.7. The molecular weight excluding hydrogens is 1420 g/mol. The van der Waals surface area contributed by atoms with Crippen LogP contribution in [0.1, 0.15) is 256 Å². The zero-order valence-electron chi connectivity index (χ0n) is 66.3. The SMILES string of the molecule is Cc1ccc([C@@H]2CCCO2)c([C@@H](C(=O)O)N2CC[C@@H](OCCCCCc3ccc4c(n3)NCCC4)C2)c1.Cc1ccc([C@@H]2CCCO2)c([C@H](C(=O)O)N2CC[C@@H](OCCCCCc3ccc4c(n3)NCCC4)C2)c1.O=C(O)[C@@H](c1cc(F)ccc1[C@H]1CCCCO1)N1CC[C@@H](OCCCCCc2ccc3c(n2)NCCC3)C1. The van der Waals surface area contributed by atoms with Crippen LogP contribution in [0.3, 0.4) is 0 Å². The van der Waals surface area contributed by atoms with E-state index in [0.717, 1.165) is 282 Å². The van der Waals surface area contributed by atoms with Gasteiger partial charge in [0.25, 0.3) is 0 Å². The van der Waals surface area contributed by atoms with E-state index in [1.54, 1.807) is 6.07 Å². The van der Waals surface area contributed by atoms with Crippen molar-refractivity contribution in [2.24, 2.45) is 0 Å². The molecule has 0 unspecified atom stereocenters. The highest BCUT2D eigenvalue weighted by Crippen LogP contribution is 2.41. The predicted octanol–water partition coefficient (Wildman–Crippen LogP) is 15.9. The third kappa shape index (κ3) is 22.7. The fourth-order valence-corrected chi connectivity index (χ4v) is 18.0. The van der Waals surface area contributed by atoms with Gasteiger partial charge in [-0.25, -0.2) is 19.3 Å². The highest BCUT2D eigenvalue weighted by molar-refractivity contribution is 5.78. The van der Waals surface area contributed by atoms with E-state index in [1.165, 1.54) is 59.5 Å². The van der Waals surface area contributed by atoms with Crippen molar-refractivity contribution in [2.45, 2.75) is 248 Å². The van der Waals surface area contributed by atoms with Crippen molar-refractivity contribution in [1.29, 1.82) is 0 Å². The van der Waals surface area contributed by atoms with E-state index < -0.39 is 41.9 Å². The number of anilines is 3. The van der Waals surface area contributed by atoms with E-state index in [4.69, 9.17) is 43.4 Å². The number of pyridine rings is 3. The molecule has 9 aliphatic rings. The third-order valence-corrected chi connectivity index (χ3v) is 24.0. The average molecular weight is 1540 g/mol. The fourth-order valence-electron chi connectivity index (χ4n) is 18.0. The number of aromatic nitrogens is 3. The highest BCUT2D eigenvalue weighted by Gasteiger charge is 2.41. The molecule has 0 radical (unpaired) electrons. The minimum Gasteiger partial charge on any atom is -0.480 e. The zero-order chi connectivity index (χ0) is 77.6. The molecule has 9 aliphatic heterocycles. The van der Waals surface area contributed by atoms with Crippen LogP contribution in [-0.2, 0) is 81.3 Å². The molecule has 22 heteroatoms. The van der Waals surface area contributed by atoms with Gasteiger partial charge in [-0.05, 0) is 255 Å². The van der Waals surface area contributed by atoms with Gasteiger partial charge in [-0.15, -0.1) is 0 Å². The summed E-state index contributed by atoms with van der Waals surface area (Å²) in [5, 5.41) is 40.9. The molecule has 0 saturated carbocycles. The van der Waals surface area contributed by atoms with Crippen LogP contribution in [0.4, 0.5) is 21.8 Å². The molecular formula is C90H122FN9O12. The van der Waals surface area contributed by atoms with Crippen LogP contribution in [0.25, 0.3) is 0 Å². The van der Waals surface area contributed by atoms with E-state index in [2.05, 4.69) is 86.4 Å². The molecule has 3 aromatic heterocycles. The quantitative estimate of drug-likeness (QED) is 0.0209. The maximum atomic E-state index is 14.3. The molecule has 6 aromatic rings. The molecule has 21 nitrogen and oxygen atoms in total. The number of fused-ring (bicyclic) bond motifs is 3. The second-order valence-corrected chi connectivity index (χ2v) is 32.4. The molecule has 606 valence electrons. The molecule has 0 spiro atoms. The first-order valence-electron chi connectivity index (χ1n) is 42.5. The Morgan fingerprint density at radius 2 is 0.777 bits per heavy atom. The monoisotopic (exact) mass is 1540 g/mol. The Labute approximate surface area is 662 Å². The number of aliphatic carboxylic acids is 3. The van der Waals surface area contributed by atoms with Gasteiger partial charge < -0.3 is 59.7 Å². The number of rotatable bonds is 33. The van der Waals surface area contributed by atoms with Gasteiger partial charge in [0.05, 0.1) is 36.6 Å². The minimum absolute atomic E-state index is 0.000122. The summed E-state index contributed by atoms with van der Waals surface area (Å²) >= 11 is 0. The van der Waals surface area contributed by atoms with Crippen LogP contribution in [0, 0.1) is 19.7 Å². The Morgan fingerprint density at radius 1 is 0.429 bits per heavy atom. The number of benzene rings is 3. The van der Waals surface area contributed by atoms with Gasteiger partial charge in [0, 0.05) is 116 Å². The third-order valence-electron chi connectivity index (χ3n) is 24.0. The molecule has 15 rings (SSSR count). The van der Waals surface area contributed by atoms with Gasteiger partial charge in [-0.2, -0.15) is 0 Å². The standard InChI is InChI=1S/C30H40FN3O4.2C30H41N3O4/c31-22-11-13-25(27-9-3-5-18-38-27)26(19-22)28(30(35)36)34-16-14-24(20-34)37-17-4-1-2-8-23-12-10-21-7-6-15-32-29(21)33-23;2*1-21-10-13-25(27-9-6-18-37-27)26(19-21)28(30(34)35)33-16-14-24(20-33)36-17-4-2-3-8-23-12-11-22-7-5-15-31-29(22)32-23/h10-13,19,24,27-28H,1-9,14-18,20H2,(H,32,33)(H,35,36);2*10-13,19,24,27-28H,2-9,14-18,20H2,1H3,(H,31,32)(H,34,35)/t24-,27-,28-;24-,27+,28+;24-,27+,28-/m111/s1. The Balaban J connectivity index is 0.000000147. The van der Waals surface area contributed by atoms with E-state index in [0.29, 0.717) is 45.0 Å². The van der Waals surface area contributed by atoms with Gasteiger partial charge in [-0.3, -0.25) is 29.1 Å². The summed E-state index contributed by atoms with van der Waals surface area (Å²) in [5.74, 6) is 0.239. The first kappa shape index (κ1) is 82.5. The summed E-state index contributed by atoms with van der Waals surface area (Å²) in [4.78, 5) is 57.8. The maximum absolute atomic E-state index is 14.3. The van der Waals surface area contributed by atoms with Crippen LogP contribution < -0.4 is 16.0 Å². The predicted molar refractivity (Wildman–Crippen MR) is 432 cm³/mol. The lowest BCUT2D eigenvalue weighted by Crippen LogP contribution is -2.34. The lowest BCUT2D eigenvalue weighted by molar-refractivity contribution is -0.144. The van der Waals surface area contributed by atoms with Crippen LogP contribution in [-0.4, -0.2) is 180 Å². The first-order chi connectivity index (χ1) is 54.7. The molecule has 9 atom stereocenters. The van der Waals surface area contributed by atoms with Gasteiger partial charge >= 0.3 is 17.9 Å². The van der Waals surface area contributed by atoms with Crippen LogP contribution in [0.2, 0.25) is 0 Å². The van der Waals surface area contributed by atoms with Crippen molar-refractivity contribution in [1.82, 2.24) is 29.7 Å². The number of likely N-dealkylation sites (tertiary alicyclic amines) is 3. The van der Waals surface area contributed by atoms with Crippen molar-refractivity contribution in [2.75, 3.05) is 114 Å². The number of nitrogens with one attached hydrogen (secondary N) is 3. The fraction of sp³-hybridized carbons (Fsp3) is 0.600. The topological polar surface area (TPSA) is 252 Å². The molecule has 6 N–H and O–H groups in total. The summed E-state index contributed by atoms with van der Waals surface area (Å²) in [6, 6.07) is 27.8. The first-order valence-corrected chi connectivity index (χ1v) is 42.5. The Bertz CT molecular complexity index is 3870. The van der Waals surface area contributed by atoms with Gasteiger partial charge in [-0.1, -0.05) is 91.1 Å². The highest BCUT2D eigenvalue weighted by atomic mass is 19.1. The molecule has 0 bridgehead atoms. The zero-order valence-corrected chi connectivity index (χ0v) is 66.3. The number of carboxylic acids is 3. The molecule has 3 aromatic carbocycles. The summed E-state index contributed by atoms with van der Waals surface area (Å²) < 4.78 is 50.6. The number of aryl methyl sites for hydroxylation is 8. The van der Waals surface area contributed by atoms with Gasteiger partial charge in [0.1, 0.15) is 41.4 Å². The Hall–Kier alpha value is -7.51. The summed E-state index contributed by atoms with van der Waals surface area (Å²) in [5.41, 5.74) is 14.8. The number of unbranched alkanes of at least 4 members (excludes halogenated alkanes) is 6. The average Bonchev–Trinajstić information content (AvgIpc) is 1.69. The second kappa shape index (κ2) is 41.7. The molecule has 6 saturated heterocycles. The van der Waals surface area contributed by atoms with Crippen molar-refractivity contribution in [3.05, 3.63) is 175 Å². The molecule has 0 aliphatic carbocycles. The smallest absolute Gasteiger partial charge is 0.325 e. The minimum atomic E-state index is -0.959. The van der Waals surface area contributed by atoms with E-state index >= 15 is 0 Å². The van der Waals surface area contributed by atoms with E-state index in [9.17, 15) is 34.1 Å². The van der Waals surface area contributed by atoms with Crippen LogP contribution >= 0.6 is 0 Å². The second-order valence-electron chi connectivity index (χ2n) is 32.4. The van der Waals surface area contributed by atoms with Crippen molar-refractivity contribution < 1.29 is 62.5 Å². The lowest BCUT2D eigenvalue weighted by Gasteiger charge is -2.30. The summed E-state index contributed by atoms with van der Waals surface area (Å²) in [6.45, 7) is 15.3. The van der Waals surface area contributed by atoms with Gasteiger partial charge in [0.15, 0.2) is 0 Å². The number of halogens is 1. The van der Waals surface area contributed by atoms with Crippen molar-refractivity contribution in [3.63, 3.8) is 0 Å². The molecule has 6 fully saturated rings. The van der Waals surface area contributed by atoms with Gasteiger partial charge in [0.2, 0.25) is 0 Å². The van der Waals surface area contributed by atoms with Crippen LogP contribution in [0.15, 0.2) is 91.0 Å². The van der Waals surface area contributed by atoms with E-state index in [1.807, 2.05) is 30.9 Å². The number of hydrogen-bond donors (Lipinski definition) is 6. The van der Waals surface area contributed by atoms with Crippen molar-refractivity contribution >= 4 is 35.4 Å².